The molecule has 4 heteroatoms. The maximum absolute atomic E-state index is 4.84. The number of aromatic nitrogens is 4. The molecule has 4 rings (SSSR count). The molecule has 0 bridgehead atoms. The van der Waals surface area contributed by atoms with E-state index in [0.717, 1.165) is 17.2 Å². The number of hydrogen-bond acceptors (Lipinski definition) is 2. The van der Waals surface area contributed by atoms with E-state index in [1.165, 1.54) is 11.1 Å². The third-order valence-electron chi connectivity index (χ3n) is 4.80. The lowest BCUT2D eigenvalue weighted by atomic mass is 9.83. The van der Waals surface area contributed by atoms with Gasteiger partial charge in [-0.25, -0.2) is 9.97 Å². The topological polar surface area (TPSA) is 34.6 Å². The van der Waals surface area contributed by atoms with Crippen molar-refractivity contribution in [3.05, 3.63) is 72.1 Å². The molecular formula is C20H22N4. The van der Waals surface area contributed by atoms with Crippen molar-refractivity contribution in [3.8, 4) is 0 Å². The Labute approximate surface area is 141 Å². The third kappa shape index (κ3) is 2.30. The maximum atomic E-state index is 4.84. The number of pyridine rings is 1. The quantitative estimate of drug-likeness (QED) is 0.560. The van der Waals surface area contributed by atoms with Crippen LogP contribution in [0.15, 0.2) is 55.1 Å². The molecule has 0 saturated carbocycles. The van der Waals surface area contributed by atoms with Gasteiger partial charge in [-0.05, 0) is 35.7 Å². The predicted octanol–water partition coefficient (Wildman–Crippen LogP) is 4.43. The molecule has 0 spiro atoms. The fourth-order valence-corrected chi connectivity index (χ4v) is 3.06. The van der Waals surface area contributed by atoms with Gasteiger partial charge >= 0.3 is 0 Å². The minimum atomic E-state index is -0.183. The zero-order valence-electron chi connectivity index (χ0n) is 14.6. The molecule has 0 saturated heterocycles. The summed E-state index contributed by atoms with van der Waals surface area (Å²) in [6, 6.07) is 10.6. The monoisotopic (exact) mass is 318 g/mol. The molecular weight excluding hydrogens is 296 g/mol. The molecule has 4 nitrogen and oxygen atoms in total. The average Bonchev–Trinajstić information content (AvgIpc) is 3.18. The number of imidazole rings is 1. The van der Waals surface area contributed by atoms with E-state index in [-0.39, 0.29) is 5.41 Å². The van der Waals surface area contributed by atoms with E-state index in [1.807, 2.05) is 10.5 Å². The molecule has 4 aromatic heterocycles. The first-order valence-electron chi connectivity index (χ1n) is 8.38. The highest BCUT2D eigenvalue weighted by Crippen LogP contribution is 2.32. The van der Waals surface area contributed by atoms with Crippen LogP contribution in [0.25, 0.3) is 11.3 Å². The molecule has 122 valence electrons. The van der Waals surface area contributed by atoms with Crippen molar-refractivity contribution < 1.29 is 0 Å². The van der Waals surface area contributed by atoms with Gasteiger partial charge in [-0.3, -0.25) is 4.40 Å². The lowest BCUT2D eigenvalue weighted by Crippen LogP contribution is -2.20. The molecule has 0 atom stereocenters. The second kappa shape index (κ2) is 5.20. The molecule has 0 radical (unpaired) electrons. The summed E-state index contributed by atoms with van der Waals surface area (Å²) >= 11 is 0. The van der Waals surface area contributed by atoms with Crippen molar-refractivity contribution in [1.82, 2.24) is 18.8 Å². The van der Waals surface area contributed by atoms with Crippen LogP contribution >= 0.6 is 0 Å². The summed E-state index contributed by atoms with van der Waals surface area (Å²) in [5.74, 6) is 1.17. The van der Waals surface area contributed by atoms with Crippen molar-refractivity contribution in [2.45, 2.75) is 39.0 Å². The van der Waals surface area contributed by atoms with Crippen LogP contribution in [0.2, 0.25) is 0 Å². The lowest BCUT2D eigenvalue weighted by Gasteiger charge is -2.23. The van der Waals surface area contributed by atoms with Crippen LogP contribution in [0.5, 0.6) is 0 Å². The van der Waals surface area contributed by atoms with Crippen molar-refractivity contribution >= 4 is 11.3 Å². The lowest BCUT2D eigenvalue weighted by molar-refractivity contribution is 0.616. The second-order valence-corrected chi connectivity index (χ2v) is 7.23. The molecule has 0 aliphatic carbocycles. The molecule has 4 aromatic rings. The number of fused-ring (bicyclic) bond motifs is 2. The standard InChI is InChI=1S/C20H22N4/c1-14(2)17-13-24-10-8-18(22-19(24)21-17)20(3,4)15-11-16-7-5-6-9-23(16)12-15/h5-14H,1-4H3. The molecule has 0 aliphatic rings. The van der Waals surface area contributed by atoms with E-state index >= 15 is 0 Å². The Kier molecular flexibility index (Phi) is 3.23. The van der Waals surface area contributed by atoms with Gasteiger partial charge in [-0.1, -0.05) is 33.8 Å². The van der Waals surface area contributed by atoms with Crippen LogP contribution in [-0.2, 0) is 5.41 Å². The van der Waals surface area contributed by atoms with Gasteiger partial charge in [0.25, 0.3) is 0 Å². The third-order valence-corrected chi connectivity index (χ3v) is 4.80. The van der Waals surface area contributed by atoms with Crippen LogP contribution < -0.4 is 0 Å². The van der Waals surface area contributed by atoms with Crippen LogP contribution in [-0.4, -0.2) is 18.8 Å². The van der Waals surface area contributed by atoms with Crippen molar-refractivity contribution in [3.63, 3.8) is 0 Å². The Morgan fingerprint density at radius 1 is 0.958 bits per heavy atom. The Bertz CT molecular complexity index is 987. The summed E-state index contributed by atoms with van der Waals surface area (Å²) in [5.41, 5.74) is 4.38. The van der Waals surface area contributed by atoms with Crippen molar-refractivity contribution in [1.29, 1.82) is 0 Å². The summed E-state index contributed by atoms with van der Waals surface area (Å²) in [6.07, 6.45) is 8.39. The van der Waals surface area contributed by atoms with Crippen LogP contribution in [0.4, 0.5) is 0 Å². The summed E-state index contributed by atoms with van der Waals surface area (Å²) in [5, 5.41) is 0. The fraction of sp³-hybridized carbons (Fsp3) is 0.300. The van der Waals surface area contributed by atoms with E-state index in [2.05, 4.69) is 86.1 Å². The first kappa shape index (κ1) is 14.9. The zero-order chi connectivity index (χ0) is 16.9. The average molecular weight is 318 g/mol. The highest BCUT2D eigenvalue weighted by molar-refractivity contribution is 5.53. The van der Waals surface area contributed by atoms with Gasteiger partial charge in [0, 0.05) is 35.7 Å². The van der Waals surface area contributed by atoms with Gasteiger partial charge < -0.3 is 4.40 Å². The summed E-state index contributed by atoms with van der Waals surface area (Å²) in [4.78, 5) is 9.51. The Morgan fingerprint density at radius 2 is 1.79 bits per heavy atom. The van der Waals surface area contributed by atoms with Crippen LogP contribution in [0.1, 0.15) is 50.6 Å². The summed E-state index contributed by atoms with van der Waals surface area (Å²) in [6.45, 7) is 8.73. The summed E-state index contributed by atoms with van der Waals surface area (Å²) in [7, 11) is 0. The van der Waals surface area contributed by atoms with E-state index < -0.39 is 0 Å². The van der Waals surface area contributed by atoms with Crippen LogP contribution in [0, 0.1) is 0 Å². The molecule has 24 heavy (non-hydrogen) atoms. The van der Waals surface area contributed by atoms with Crippen molar-refractivity contribution in [2.24, 2.45) is 0 Å². The second-order valence-electron chi connectivity index (χ2n) is 7.23. The first-order valence-corrected chi connectivity index (χ1v) is 8.38. The molecule has 0 unspecified atom stereocenters. The fourth-order valence-electron chi connectivity index (χ4n) is 3.06. The van der Waals surface area contributed by atoms with E-state index in [4.69, 9.17) is 4.98 Å². The minimum absolute atomic E-state index is 0.183. The summed E-state index contributed by atoms with van der Waals surface area (Å²) < 4.78 is 4.16. The molecule has 0 aromatic carbocycles. The van der Waals surface area contributed by atoms with E-state index in [9.17, 15) is 0 Å². The van der Waals surface area contributed by atoms with Gasteiger partial charge in [0.2, 0.25) is 5.78 Å². The SMILES string of the molecule is CC(C)c1cn2ccc(C(C)(C)c3cc4ccccn4c3)nc2n1. The molecule has 0 fully saturated rings. The van der Waals surface area contributed by atoms with Crippen molar-refractivity contribution in [2.75, 3.05) is 0 Å². The smallest absolute Gasteiger partial charge is 0.234 e. The van der Waals surface area contributed by atoms with Gasteiger partial charge in [-0.15, -0.1) is 0 Å². The van der Waals surface area contributed by atoms with E-state index in [0.29, 0.717) is 5.92 Å². The van der Waals surface area contributed by atoms with Gasteiger partial charge in [-0.2, -0.15) is 0 Å². The Hall–Kier alpha value is -2.62. The van der Waals surface area contributed by atoms with Gasteiger partial charge in [0.05, 0.1) is 11.4 Å². The highest BCUT2D eigenvalue weighted by Gasteiger charge is 2.26. The zero-order valence-corrected chi connectivity index (χ0v) is 14.6. The largest absolute Gasteiger partial charge is 0.324 e. The number of rotatable bonds is 3. The minimum Gasteiger partial charge on any atom is -0.324 e. The first-order chi connectivity index (χ1) is 11.4. The Morgan fingerprint density at radius 3 is 2.54 bits per heavy atom. The highest BCUT2D eigenvalue weighted by atomic mass is 15.1. The number of hydrogen-bond donors (Lipinski definition) is 0. The molecule has 0 N–H and O–H groups in total. The molecule has 0 aliphatic heterocycles. The predicted molar refractivity (Wildman–Crippen MR) is 96.6 cm³/mol. The molecule has 0 amide bonds. The van der Waals surface area contributed by atoms with E-state index in [1.54, 1.807) is 0 Å². The normalized spacial score (nSPS) is 12.5. The van der Waals surface area contributed by atoms with Gasteiger partial charge in [0.1, 0.15) is 0 Å². The number of nitrogens with zero attached hydrogens (tertiary/aromatic N) is 4. The maximum Gasteiger partial charge on any atom is 0.234 e. The molecule has 4 heterocycles. The van der Waals surface area contributed by atoms with Crippen LogP contribution in [0.3, 0.4) is 0 Å². The Balaban J connectivity index is 1.81. The van der Waals surface area contributed by atoms with Gasteiger partial charge in [0.15, 0.2) is 0 Å².